The molecule has 2 aliphatic heterocycles. The average molecular weight is 289 g/mol. The first-order chi connectivity index (χ1) is 10.1. The van der Waals surface area contributed by atoms with E-state index in [2.05, 4.69) is 10.6 Å². The van der Waals surface area contributed by atoms with Crippen molar-refractivity contribution in [2.24, 2.45) is 0 Å². The lowest BCUT2D eigenvalue weighted by Gasteiger charge is -2.36. The average Bonchev–Trinajstić information content (AvgIpc) is 3.06. The quantitative estimate of drug-likeness (QED) is 0.612. The normalized spacial score (nSPS) is 20.9. The summed E-state index contributed by atoms with van der Waals surface area (Å²) in [5.41, 5.74) is -0.849. The molecule has 0 aliphatic carbocycles. The van der Waals surface area contributed by atoms with Gasteiger partial charge in [0.25, 0.3) is 5.91 Å². The van der Waals surface area contributed by atoms with Crippen LogP contribution in [0.2, 0.25) is 0 Å². The molecule has 2 fully saturated rings. The Labute approximate surface area is 121 Å². The number of carbonyl (C=O) groups is 3. The van der Waals surface area contributed by atoms with E-state index in [0.29, 0.717) is 31.7 Å². The Balaban J connectivity index is 1.59. The summed E-state index contributed by atoms with van der Waals surface area (Å²) in [5, 5.41) is 4.91. The van der Waals surface area contributed by atoms with E-state index in [9.17, 15) is 14.4 Å². The van der Waals surface area contributed by atoms with Crippen molar-refractivity contribution >= 4 is 23.9 Å². The largest absolute Gasteiger partial charge is 0.465 e. The van der Waals surface area contributed by atoms with Crippen molar-refractivity contribution < 1.29 is 18.8 Å². The molecule has 0 aromatic carbocycles. The summed E-state index contributed by atoms with van der Waals surface area (Å²) < 4.78 is 5.12. The summed E-state index contributed by atoms with van der Waals surface area (Å²) in [5.74, 6) is 0.177. The maximum Gasteiger partial charge on any atom is 0.322 e. The molecule has 3 heterocycles. The van der Waals surface area contributed by atoms with Crippen LogP contribution in [0.1, 0.15) is 18.6 Å². The number of nitrogens with one attached hydrogen (secondary N) is 2. The van der Waals surface area contributed by atoms with Gasteiger partial charge in [0.15, 0.2) is 0 Å². The molecule has 0 radical (unpaired) electrons. The zero-order valence-electron chi connectivity index (χ0n) is 11.3. The number of nitrogens with zero attached hydrogens (tertiary/aromatic N) is 1. The second kappa shape index (κ2) is 5.08. The smallest absolute Gasteiger partial charge is 0.322 e. The Morgan fingerprint density at radius 1 is 1.33 bits per heavy atom. The van der Waals surface area contributed by atoms with Crippen molar-refractivity contribution in [1.29, 1.82) is 0 Å². The molecule has 21 heavy (non-hydrogen) atoms. The molecule has 0 unspecified atom stereocenters. The van der Waals surface area contributed by atoms with Gasteiger partial charge in [0.1, 0.15) is 11.3 Å². The number of amides is 4. The third-order valence-electron chi connectivity index (χ3n) is 3.88. The Morgan fingerprint density at radius 3 is 2.67 bits per heavy atom. The highest BCUT2D eigenvalue weighted by molar-refractivity contribution is 6.07. The van der Waals surface area contributed by atoms with Crippen LogP contribution in [0, 0.1) is 0 Å². The molecule has 7 nitrogen and oxygen atoms in total. The SMILES string of the molecule is O=C1NC(=O)C2(CCN(C(=O)/C=C/c3ccco3)CC2)N1. The molecule has 0 bridgehead atoms. The summed E-state index contributed by atoms with van der Waals surface area (Å²) in [7, 11) is 0. The van der Waals surface area contributed by atoms with Gasteiger partial charge in [0, 0.05) is 19.2 Å². The van der Waals surface area contributed by atoms with Gasteiger partial charge in [-0.2, -0.15) is 0 Å². The molecule has 4 amide bonds. The molecule has 2 N–H and O–H groups in total. The number of piperidine rings is 1. The number of urea groups is 1. The van der Waals surface area contributed by atoms with Crippen LogP contribution in [0.3, 0.4) is 0 Å². The lowest BCUT2D eigenvalue weighted by atomic mass is 9.87. The lowest BCUT2D eigenvalue weighted by molar-refractivity contribution is -0.132. The highest BCUT2D eigenvalue weighted by Gasteiger charge is 2.48. The van der Waals surface area contributed by atoms with Crippen molar-refractivity contribution in [2.75, 3.05) is 13.1 Å². The van der Waals surface area contributed by atoms with Gasteiger partial charge in [-0.05, 0) is 31.1 Å². The molecule has 3 rings (SSSR count). The number of furan rings is 1. The first-order valence-corrected chi connectivity index (χ1v) is 6.73. The Bertz CT molecular complexity index is 598. The molecule has 1 spiro atoms. The van der Waals surface area contributed by atoms with E-state index in [-0.39, 0.29) is 11.8 Å². The van der Waals surface area contributed by atoms with E-state index >= 15 is 0 Å². The summed E-state index contributed by atoms with van der Waals surface area (Å²) in [4.78, 5) is 36.7. The Hall–Kier alpha value is -2.57. The molecular formula is C14H15N3O4. The summed E-state index contributed by atoms with van der Waals surface area (Å²) >= 11 is 0. The van der Waals surface area contributed by atoms with Crippen LogP contribution in [-0.4, -0.2) is 41.4 Å². The van der Waals surface area contributed by atoms with Crippen LogP contribution >= 0.6 is 0 Å². The van der Waals surface area contributed by atoms with Crippen LogP contribution in [-0.2, 0) is 9.59 Å². The lowest BCUT2D eigenvalue weighted by Crippen LogP contribution is -2.55. The minimum Gasteiger partial charge on any atom is -0.465 e. The fraction of sp³-hybridized carbons (Fsp3) is 0.357. The van der Waals surface area contributed by atoms with E-state index in [1.165, 1.54) is 12.3 Å². The standard InChI is InChI=1S/C14H15N3O4/c18-11(4-3-10-2-1-9-21-10)17-7-5-14(6-8-17)12(19)15-13(20)16-14/h1-4,9H,5-8H2,(H2,15,16,19,20)/b4-3+. The molecule has 110 valence electrons. The molecule has 1 aromatic heterocycles. The number of rotatable bonds is 2. The maximum absolute atomic E-state index is 12.1. The van der Waals surface area contributed by atoms with Gasteiger partial charge in [-0.1, -0.05) is 0 Å². The third-order valence-corrected chi connectivity index (χ3v) is 3.88. The molecule has 0 atom stereocenters. The Morgan fingerprint density at radius 2 is 2.10 bits per heavy atom. The second-order valence-electron chi connectivity index (χ2n) is 5.16. The summed E-state index contributed by atoms with van der Waals surface area (Å²) in [6, 6.07) is 3.04. The fourth-order valence-corrected chi connectivity index (χ4v) is 2.63. The molecular weight excluding hydrogens is 274 g/mol. The van der Waals surface area contributed by atoms with Crippen molar-refractivity contribution in [3.05, 3.63) is 30.2 Å². The zero-order valence-corrected chi connectivity index (χ0v) is 11.3. The number of imide groups is 1. The van der Waals surface area contributed by atoms with Crippen molar-refractivity contribution in [3.63, 3.8) is 0 Å². The zero-order chi connectivity index (χ0) is 14.9. The Kier molecular flexibility index (Phi) is 3.25. The predicted octanol–water partition coefficient (Wildman–Crippen LogP) is 0.493. The van der Waals surface area contributed by atoms with E-state index in [4.69, 9.17) is 4.42 Å². The van der Waals surface area contributed by atoms with Crippen LogP contribution in [0.5, 0.6) is 0 Å². The van der Waals surface area contributed by atoms with E-state index in [0.717, 1.165) is 0 Å². The summed E-state index contributed by atoms with van der Waals surface area (Å²) in [6.45, 7) is 0.851. The minimum absolute atomic E-state index is 0.133. The van der Waals surface area contributed by atoms with Gasteiger partial charge < -0.3 is 14.6 Å². The number of likely N-dealkylation sites (tertiary alicyclic amines) is 1. The molecule has 2 saturated heterocycles. The van der Waals surface area contributed by atoms with Gasteiger partial charge in [-0.15, -0.1) is 0 Å². The predicted molar refractivity (Wildman–Crippen MR) is 73.0 cm³/mol. The van der Waals surface area contributed by atoms with Crippen LogP contribution < -0.4 is 10.6 Å². The van der Waals surface area contributed by atoms with E-state index in [1.807, 2.05) is 0 Å². The van der Waals surface area contributed by atoms with Crippen LogP contribution in [0.4, 0.5) is 4.79 Å². The van der Waals surface area contributed by atoms with Crippen molar-refractivity contribution in [1.82, 2.24) is 15.5 Å². The highest BCUT2D eigenvalue weighted by atomic mass is 16.3. The number of hydrogen-bond donors (Lipinski definition) is 2. The number of carbonyl (C=O) groups excluding carboxylic acids is 3. The third kappa shape index (κ3) is 2.54. The van der Waals surface area contributed by atoms with Gasteiger partial charge in [0.05, 0.1) is 6.26 Å². The topological polar surface area (TPSA) is 91.7 Å². The second-order valence-corrected chi connectivity index (χ2v) is 5.16. The molecule has 7 heteroatoms. The van der Waals surface area contributed by atoms with Gasteiger partial charge in [0.2, 0.25) is 5.91 Å². The highest BCUT2D eigenvalue weighted by Crippen LogP contribution is 2.25. The molecule has 0 saturated carbocycles. The summed E-state index contributed by atoms with van der Waals surface area (Å²) in [6.07, 6.45) is 5.44. The van der Waals surface area contributed by atoms with Crippen LogP contribution in [0.25, 0.3) is 6.08 Å². The number of hydrogen-bond acceptors (Lipinski definition) is 4. The first kappa shape index (κ1) is 13.4. The van der Waals surface area contributed by atoms with Gasteiger partial charge in [-0.3, -0.25) is 14.9 Å². The maximum atomic E-state index is 12.1. The minimum atomic E-state index is -0.849. The van der Waals surface area contributed by atoms with Crippen LogP contribution in [0.15, 0.2) is 28.9 Å². The van der Waals surface area contributed by atoms with Gasteiger partial charge >= 0.3 is 6.03 Å². The van der Waals surface area contributed by atoms with Crippen molar-refractivity contribution in [2.45, 2.75) is 18.4 Å². The fourth-order valence-electron chi connectivity index (χ4n) is 2.63. The van der Waals surface area contributed by atoms with Gasteiger partial charge in [-0.25, -0.2) is 4.79 Å². The first-order valence-electron chi connectivity index (χ1n) is 6.73. The van der Waals surface area contributed by atoms with E-state index < -0.39 is 11.6 Å². The van der Waals surface area contributed by atoms with Crippen molar-refractivity contribution in [3.8, 4) is 0 Å². The molecule has 2 aliphatic rings. The van der Waals surface area contributed by atoms with E-state index in [1.54, 1.807) is 23.1 Å². The molecule has 1 aromatic rings. The monoisotopic (exact) mass is 289 g/mol.